The number of carbonyl (C=O) groups excluding carboxylic acids is 1. The molecule has 0 aliphatic heterocycles. The Kier molecular flexibility index (Phi) is 4.01. The predicted octanol–water partition coefficient (Wildman–Crippen LogP) is 1.61. The molecule has 2 rings (SSSR count). The minimum atomic E-state index is 0.0289. The summed E-state index contributed by atoms with van der Waals surface area (Å²) in [5, 5.41) is 4.23. The summed E-state index contributed by atoms with van der Waals surface area (Å²) in [6.45, 7) is 2.80. The van der Waals surface area contributed by atoms with E-state index in [-0.39, 0.29) is 17.7 Å². The first-order valence-electron chi connectivity index (χ1n) is 6.57. The van der Waals surface area contributed by atoms with Gasteiger partial charge in [-0.25, -0.2) is 0 Å². The van der Waals surface area contributed by atoms with Crippen molar-refractivity contribution in [2.24, 2.45) is 11.7 Å². The number of hydrogen-bond acceptors (Lipinski definition) is 4. The van der Waals surface area contributed by atoms with E-state index in [9.17, 15) is 4.79 Å². The number of nitrogens with two attached hydrogens (primary N) is 1. The van der Waals surface area contributed by atoms with Gasteiger partial charge in [-0.2, -0.15) is 5.10 Å². The van der Waals surface area contributed by atoms with E-state index in [1.54, 1.807) is 18.0 Å². The van der Waals surface area contributed by atoms with E-state index in [2.05, 4.69) is 12.0 Å². The van der Waals surface area contributed by atoms with E-state index < -0.39 is 0 Å². The highest BCUT2D eigenvalue weighted by Crippen LogP contribution is 2.30. The van der Waals surface area contributed by atoms with E-state index in [0.29, 0.717) is 11.4 Å². The van der Waals surface area contributed by atoms with Gasteiger partial charge in [0.1, 0.15) is 5.69 Å². The smallest absolute Gasteiger partial charge is 0.187 e. The van der Waals surface area contributed by atoms with Gasteiger partial charge in [-0.1, -0.05) is 6.92 Å². The Labute approximate surface area is 107 Å². The average Bonchev–Trinajstić information content (AvgIpc) is 2.95. The molecular formula is C13H21N3O2. The molecule has 0 amide bonds. The number of Topliss-reactive ketones (excluding diaryl/α,β-unsaturated/α-hetero) is 1. The van der Waals surface area contributed by atoms with Crippen molar-refractivity contribution in [3.05, 3.63) is 11.9 Å². The first-order chi connectivity index (χ1) is 8.67. The number of hydrogen-bond donors (Lipinski definition) is 1. The Hall–Kier alpha value is -1.36. The van der Waals surface area contributed by atoms with Gasteiger partial charge in [0.15, 0.2) is 11.5 Å². The summed E-state index contributed by atoms with van der Waals surface area (Å²) in [6.07, 6.45) is 5.15. The van der Waals surface area contributed by atoms with Crippen molar-refractivity contribution >= 4 is 5.78 Å². The number of rotatable bonds is 5. The van der Waals surface area contributed by atoms with Crippen LogP contribution in [-0.4, -0.2) is 28.7 Å². The van der Waals surface area contributed by atoms with Crippen molar-refractivity contribution in [3.63, 3.8) is 0 Å². The molecule has 0 bridgehead atoms. The maximum Gasteiger partial charge on any atom is 0.187 e. The maximum absolute atomic E-state index is 12.5. The van der Waals surface area contributed by atoms with Crippen LogP contribution in [0.3, 0.4) is 0 Å². The SMILES string of the molecule is CCCn1ncc(OC)c1C(=O)C1CCC(N)C1. The number of ketones is 1. The zero-order chi connectivity index (χ0) is 13.1. The Morgan fingerprint density at radius 2 is 2.39 bits per heavy atom. The van der Waals surface area contributed by atoms with Gasteiger partial charge in [-0.15, -0.1) is 0 Å². The lowest BCUT2D eigenvalue weighted by molar-refractivity contribution is 0.0907. The second-order valence-electron chi connectivity index (χ2n) is 4.92. The zero-order valence-electron chi connectivity index (χ0n) is 11.1. The Balaban J connectivity index is 2.24. The molecule has 18 heavy (non-hydrogen) atoms. The van der Waals surface area contributed by atoms with Crippen LogP contribution in [-0.2, 0) is 6.54 Å². The maximum atomic E-state index is 12.5. The Bertz CT molecular complexity index is 428. The molecule has 0 radical (unpaired) electrons. The van der Waals surface area contributed by atoms with Crippen LogP contribution in [0.15, 0.2) is 6.20 Å². The Morgan fingerprint density at radius 3 is 2.94 bits per heavy atom. The van der Waals surface area contributed by atoms with Gasteiger partial charge in [0.25, 0.3) is 0 Å². The summed E-state index contributed by atoms with van der Waals surface area (Å²) < 4.78 is 7.00. The van der Waals surface area contributed by atoms with Gasteiger partial charge in [-0.3, -0.25) is 9.48 Å². The third-order valence-corrected chi connectivity index (χ3v) is 3.54. The third-order valence-electron chi connectivity index (χ3n) is 3.54. The van der Waals surface area contributed by atoms with Gasteiger partial charge in [0, 0.05) is 18.5 Å². The molecule has 0 aromatic carbocycles. The summed E-state index contributed by atoms with van der Waals surface area (Å²) in [5.41, 5.74) is 6.49. The van der Waals surface area contributed by atoms with Crippen LogP contribution in [0.1, 0.15) is 43.1 Å². The van der Waals surface area contributed by atoms with Crippen LogP contribution in [0.5, 0.6) is 5.75 Å². The van der Waals surface area contributed by atoms with Gasteiger partial charge in [0.05, 0.1) is 13.3 Å². The van der Waals surface area contributed by atoms with E-state index >= 15 is 0 Å². The number of nitrogens with zero attached hydrogens (tertiary/aromatic N) is 2. The highest BCUT2D eigenvalue weighted by atomic mass is 16.5. The molecule has 1 fully saturated rings. The molecule has 2 unspecified atom stereocenters. The number of aromatic nitrogens is 2. The first-order valence-corrected chi connectivity index (χ1v) is 6.57. The summed E-state index contributed by atoms with van der Waals surface area (Å²) in [7, 11) is 1.57. The Morgan fingerprint density at radius 1 is 1.61 bits per heavy atom. The lowest BCUT2D eigenvalue weighted by Gasteiger charge is -2.11. The number of ether oxygens (including phenoxy) is 1. The minimum absolute atomic E-state index is 0.0289. The lowest BCUT2D eigenvalue weighted by atomic mass is 9.99. The van der Waals surface area contributed by atoms with Crippen molar-refractivity contribution in [2.75, 3.05) is 7.11 Å². The molecule has 0 saturated heterocycles. The molecular weight excluding hydrogens is 230 g/mol. The first kappa shape index (κ1) is 13.1. The van der Waals surface area contributed by atoms with Crippen LogP contribution in [0.2, 0.25) is 0 Å². The highest BCUT2D eigenvalue weighted by molar-refractivity contribution is 5.98. The number of methoxy groups -OCH3 is 1. The molecule has 1 saturated carbocycles. The number of aryl methyl sites for hydroxylation is 1. The van der Waals surface area contributed by atoms with Crippen molar-refractivity contribution in [2.45, 2.75) is 45.2 Å². The summed E-state index contributed by atoms with van der Waals surface area (Å²) >= 11 is 0. The normalized spacial score (nSPS) is 23.3. The number of carbonyl (C=O) groups is 1. The van der Waals surface area contributed by atoms with Crippen LogP contribution < -0.4 is 10.5 Å². The minimum Gasteiger partial charge on any atom is -0.493 e. The van der Waals surface area contributed by atoms with Crippen molar-refractivity contribution in [3.8, 4) is 5.75 Å². The van der Waals surface area contributed by atoms with Crippen LogP contribution in [0.25, 0.3) is 0 Å². The molecule has 5 heteroatoms. The average molecular weight is 251 g/mol. The topological polar surface area (TPSA) is 70.1 Å². The fraction of sp³-hybridized carbons (Fsp3) is 0.692. The van der Waals surface area contributed by atoms with Crippen LogP contribution in [0, 0.1) is 5.92 Å². The van der Waals surface area contributed by atoms with E-state index in [0.717, 1.165) is 32.2 Å². The van der Waals surface area contributed by atoms with Crippen LogP contribution in [0.4, 0.5) is 0 Å². The fourth-order valence-electron chi connectivity index (χ4n) is 2.60. The molecule has 1 aliphatic rings. The fourth-order valence-corrected chi connectivity index (χ4v) is 2.60. The van der Waals surface area contributed by atoms with Crippen LogP contribution >= 0.6 is 0 Å². The van der Waals surface area contributed by atoms with Gasteiger partial charge in [0.2, 0.25) is 0 Å². The van der Waals surface area contributed by atoms with Gasteiger partial charge in [-0.05, 0) is 25.7 Å². The molecule has 5 nitrogen and oxygen atoms in total. The van der Waals surface area contributed by atoms with Gasteiger partial charge < -0.3 is 10.5 Å². The molecule has 2 atom stereocenters. The predicted molar refractivity (Wildman–Crippen MR) is 68.7 cm³/mol. The lowest BCUT2D eigenvalue weighted by Crippen LogP contribution is -2.21. The molecule has 100 valence electrons. The third kappa shape index (κ3) is 2.41. The van der Waals surface area contributed by atoms with Crippen molar-refractivity contribution in [1.82, 2.24) is 9.78 Å². The summed E-state index contributed by atoms with van der Waals surface area (Å²) in [5.74, 6) is 0.737. The summed E-state index contributed by atoms with van der Waals surface area (Å²) in [4.78, 5) is 12.5. The second-order valence-corrected chi connectivity index (χ2v) is 4.92. The molecule has 1 aliphatic carbocycles. The van der Waals surface area contributed by atoms with E-state index in [1.165, 1.54) is 0 Å². The molecule has 1 heterocycles. The monoisotopic (exact) mass is 251 g/mol. The highest BCUT2D eigenvalue weighted by Gasteiger charge is 2.32. The van der Waals surface area contributed by atoms with Crippen molar-refractivity contribution in [1.29, 1.82) is 0 Å². The van der Waals surface area contributed by atoms with Crippen molar-refractivity contribution < 1.29 is 9.53 Å². The molecule has 1 aromatic rings. The van der Waals surface area contributed by atoms with E-state index in [4.69, 9.17) is 10.5 Å². The zero-order valence-corrected chi connectivity index (χ0v) is 11.1. The molecule has 1 aromatic heterocycles. The standard InChI is InChI=1S/C13H21N3O2/c1-3-6-16-12(11(18-2)8-15-16)13(17)9-4-5-10(14)7-9/h8-10H,3-7,14H2,1-2H3. The van der Waals surface area contributed by atoms with E-state index in [1.807, 2.05) is 0 Å². The summed E-state index contributed by atoms with van der Waals surface area (Å²) in [6, 6.07) is 0.160. The van der Waals surface area contributed by atoms with Gasteiger partial charge >= 0.3 is 0 Å². The quantitative estimate of drug-likeness (QED) is 0.807. The molecule has 0 spiro atoms. The largest absolute Gasteiger partial charge is 0.493 e. The molecule has 2 N–H and O–H groups in total. The second kappa shape index (κ2) is 5.52.